The smallest absolute Gasteiger partial charge is 0.236 e. The molecular formula is C12H24N2O2. The van der Waals surface area contributed by atoms with Gasteiger partial charge in [-0.3, -0.25) is 4.79 Å². The van der Waals surface area contributed by atoms with E-state index in [-0.39, 0.29) is 5.91 Å². The average Bonchev–Trinajstić information content (AvgIpc) is 2.66. The Morgan fingerprint density at radius 2 is 2.12 bits per heavy atom. The van der Waals surface area contributed by atoms with Crippen molar-refractivity contribution in [2.45, 2.75) is 33.3 Å². The maximum Gasteiger partial charge on any atom is 0.236 e. The molecule has 0 aliphatic carbocycles. The van der Waals surface area contributed by atoms with Crippen molar-refractivity contribution in [2.75, 3.05) is 32.8 Å². The highest BCUT2D eigenvalue weighted by Gasteiger charge is 2.23. The Morgan fingerprint density at radius 1 is 1.44 bits per heavy atom. The summed E-state index contributed by atoms with van der Waals surface area (Å²) in [6.45, 7) is 9.89. The van der Waals surface area contributed by atoms with Crippen molar-refractivity contribution in [2.24, 2.45) is 5.92 Å². The van der Waals surface area contributed by atoms with Crippen LogP contribution in [0.2, 0.25) is 0 Å². The van der Waals surface area contributed by atoms with E-state index < -0.39 is 0 Å². The van der Waals surface area contributed by atoms with Gasteiger partial charge in [0.15, 0.2) is 0 Å². The van der Waals surface area contributed by atoms with E-state index in [0.29, 0.717) is 18.6 Å². The average molecular weight is 228 g/mol. The van der Waals surface area contributed by atoms with E-state index in [0.717, 1.165) is 32.7 Å². The molecule has 1 rings (SSSR count). The molecule has 0 aromatic heterocycles. The molecule has 1 aliphatic heterocycles. The Morgan fingerprint density at radius 3 is 2.62 bits per heavy atom. The summed E-state index contributed by atoms with van der Waals surface area (Å²) in [6.07, 6.45) is 1.43. The van der Waals surface area contributed by atoms with E-state index in [1.807, 2.05) is 18.7 Å². The minimum Gasteiger partial charge on any atom is -0.378 e. The van der Waals surface area contributed by atoms with Crippen molar-refractivity contribution < 1.29 is 9.53 Å². The Balaban J connectivity index is 2.17. The predicted molar refractivity (Wildman–Crippen MR) is 64.3 cm³/mol. The highest BCUT2D eigenvalue weighted by atomic mass is 16.5. The second-order valence-electron chi connectivity index (χ2n) is 4.32. The number of hydrogen-bond donors (Lipinski definition) is 1. The zero-order valence-corrected chi connectivity index (χ0v) is 10.7. The minimum absolute atomic E-state index is 0.191. The summed E-state index contributed by atoms with van der Waals surface area (Å²) in [6, 6.07) is 0. The number of carbonyl (C=O) groups excluding carboxylic acids is 1. The molecule has 1 fully saturated rings. The molecule has 0 bridgehead atoms. The third-order valence-electron chi connectivity index (χ3n) is 3.33. The summed E-state index contributed by atoms with van der Waals surface area (Å²) in [4.78, 5) is 13.5. The van der Waals surface area contributed by atoms with E-state index >= 15 is 0 Å². The van der Waals surface area contributed by atoms with E-state index in [1.54, 1.807) is 0 Å². The van der Waals surface area contributed by atoms with E-state index in [2.05, 4.69) is 12.2 Å². The fourth-order valence-electron chi connectivity index (χ4n) is 2.10. The van der Waals surface area contributed by atoms with Gasteiger partial charge in [0.1, 0.15) is 0 Å². The SMILES string of the molecule is CCN(CC)C(=O)CNCC1CCOC1C. The lowest BCUT2D eigenvalue weighted by Crippen LogP contribution is -2.39. The van der Waals surface area contributed by atoms with Crippen LogP contribution in [0.25, 0.3) is 0 Å². The van der Waals surface area contributed by atoms with Crippen LogP contribution in [0.3, 0.4) is 0 Å². The zero-order valence-electron chi connectivity index (χ0n) is 10.7. The largest absolute Gasteiger partial charge is 0.378 e. The second-order valence-corrected chi connectivity index (χ2v) is 4.32. The third-order valence-corrected chi connectivity index (χ3v) is 3.33. The molecule has 1 amide bonds. The number of rotatable bonds is 6. The molecule has 0 aromatic carbocycles. The van der Waals surface area contributed by atoms with Gasteiger partial charge in [-0.15, -0.1) is 0 Å². The molecule has 1 aliphatic rings. The van der Waals surface area contributed by atoms with Crippen LogP contribution in [0.15, 0.2) is 0 Å². The molecule has 1 heterocycles. The fraction of sp³-hybridized carbons (Fsp3) is 0.917. The van der Waals surface area contributed by atoms with Crippen molar-refractivity contribution in [3.8, 4) is 0 Å². The number of likely N-dealkylation sites (N-methyl/N-ethyl adjacent to an activating group) is 1. The van der Waals surface area contributed by atoms with Gasteiger partial charge in [0, 0.05) is 26.2 Å². The van der Waals surface area contributed by atoms with E-state index in [4.69, 9.17) is 4.74 Å². The van der Waals surface area contributed by atoms with Gasteiger partial charge in [0.2, 0.25) is 5.91 Å². The molecule has 4 heteroatoms. The van der Waals surface area contributed by atoms with Gasteiger partial charge < -0.3 is 15.0 Å². The Bertz CT molecular complexity index is 217. The topological polar surface area (TPSA) is 41.6 Å². The molecule has 0 aromatic rings. The lowest BCUT2D eigenvalue weighted by molar-refractivity contribution is -0.129. The molecule has 1 N–H and O–H groups in total. The summed E-state index contributed by atoms with van der Waals surface area (Å²) in [5.41, 5.74) is 0. The lowest BCUT2D eigenvalue weighted by atomic mass is 10.0. The molecule has 2 atom stereocenters. The molecule has 4 nitrogen and oxygen atoms in total. The van der Waals surface area contributed by atoms with Gasteiger partial charge in [-0.25, -0.2) is 0 Å². The summed E-state index contributed by atoms with van der Waals surface area (Å²) in [7, 11) is 0. The van der Waals surface area contributed by atoms with Gasteiger partial charge in [0.25, 0.3) is 0 Å². The Kier molecular flexibility index (Phi) is 5.77. The third kappa shape index (κ3) is 3.76. The fourth-order valence-corrected chi connectivity index (χ4v) is 2.10. The molecule has 0 radical (unpaired) electrons. The number of hydrogen-bond acceptors (Lipinski definition) is 3. The lowest BCUT2D eigenvalue weighted by Gasteiger charge is -2.20. The molecule has 0 spiro atoms. The maximum atomic E-state index is 11.7. The van der Waals surface area contributed by atoms with Crippen molar-refractivity contribution in [3.05, 3.63) is 0 Å². The first-order chi connectivity index (χ1) is 7.69. The zero-order chi connectivity index (χ0) is 12.0. The van der Waals surface area contributed by atoms with Crippen LogP contribution in [0.4, 0.5) is 0 Å². The van der Waals surface area contributed by atoms with E-state index in [1.165, 1.54) is 0 Å². The summed E-state index contributed by atoms with van der Waals surface area (Å²) >= 11 is 0. The highest BCUT2D eigenvalue weighted by molar-refractivity contribution is 5.78. The first kappa shape index (κ1) is 13.5. The van der Waals surface area contributed by atoms with Gasteiger partial charge in [-0.2, -0.15) is 0 Å². The second kappa shape index (κ2) is 6.86. The quantitative estimate of drug-likeness (QED) is 0.733. The predicted octanol–water partition coefficient (Wildman–Crippen LogP) is 0.869. The van der Waals surface area contributed by atoms with Crippen LogP contribution in [0.1, 0.15) is 27.2 Å². The van der Waals surface area contributed by atoms with Crippen LogP contribution in [-0.4, -0.2) is 49.7 Å². The normalized spacial score (nSPS) is 24.7. The summed E-state index contributed by atoms with van der Waals surface area (Å²) < 4.78 is 5.48. The van der Waals surface area contributed by atoms with Crippen LogP contribution in [-0.2, 0) is 9.53 Å². The number of ether oxygens (including phenoxy) is 1. The van der Waals surface area contributed by atoms with Crippen molar-refractivity contribution >= 4 is 5.91 Å². The van der Waals surface area contributed by atoms with Crippen LogP contribution < -0.4 is 5.32 Å². The van der Waals surface area contributed by atoms with E-state index in [9.17, 15) is 4.79 Å². The van der Waals surface area contributed by atoms with Crippen LogP contribution >= 0.6 is 0 Å². The summed E-state index contributed by atoms with van der Waals surface area (Å²) in [5, 5.41) is 3.24. The monoisotopic (exact) mass is 228 g/mol. The van der Waals surface area contributed by atoms with Crippen molar-refractivity contribution in [3.63, 3.8) is 0 Å². The van der Waals surface area contributed by atoms with Crippen molar-refractivity contribution in [1.82, 2.24) is 10.2 Å². The Hall–Kier alpha value is -0.610. The molecule has 2 unspecified atom stereocenters. The number of carbonyl (C=O) groups is 1. The number of amides is 1. The van der Waals surface area contributed by atoms with Crippen LogP contribution in [0.5, 0.6) is 0 Å². The first-order valence-corrected chi connectivity index (χ1v) is 6.29. The number of nitrogens with zero attached hydrogens (tertiary/aromatic N) is 1. The minimum atomic E-state index is 0.191. The van der Waals surface area contributed by atoms with Gasteiger partial charge in [-0.05, 0) is 33.1 Å². The molecule has 0 saturated carbocycles. The maximum absolute atomic E-state index is 11.7. The molecular weight excluding hydrogens is 204 g/mol. The molecule has 1 saturated heterocycles. The number of nitrogens with one attached hydrogen (secondary N) is 1. The van der Waals surface area contributed by atoms with Crippen LogP contribution in [0, 0.1) is 5.92 Å². The standard InChI is InChI=1S/C12H24N2O2/c1-4-14(5-2)12(15)9-13-8-11-6-7-16-10(11)3/h10-11,13H,4-9H2,1-3H3. The molecule has 16 heavy (non-hydrogen) atoms. The summed E-state index contributed by atoms with van der Waals surface area (Å²) in [5.74, 6) is 0.751. The molecule has 94 valence electrons. The van der Waals surface area contributed by atoms with Gasteiger partial charge >= 0.3 is 0 Å². The van der Waals surface area contributed by atoms with Crippen molar-refractivity contribution in [1.29, 1.82) is 0 Å². The Labute approximate surface area is 98.3 Å². The highest BCUT2D eigenvalue weighted by Crippen LogP contribution is 2.18. The first-order valence-electron chi connectivity index (χ1n) is 6.29. The van der Waals surface area contributed by atoms with Gasteiger partial charge in [0.05, 0.1) is 12.6 Å². The van der Waals surface area contributed by atoms with Gasteiger partial charge in [-0.1, -0.05) is 0 Å².